The van der Waals surface area contributed by atoms with Crippen LogP contribution in [0.2, 0.25) is 0 Å². The lowest BCUT2D eigenvalue weighted by molar-refractivity contribution is -0.195. The molecular weight excluding hydrogens is 259 g/mol. The maximum Gasteiger partial charge on any atom is 0.404 e. The molecule has 1 aliphatic carbocycles. The van der Waals surface area contributed by atoms with Crippen LogP contribution in [-0.2, 0) is 4.79 Å². The molecule has 0 bridgehead atoms. The molecule has 2 aliphatic rings. The van der Waals surface area contributed by atoms with Crippen LogP contribution in [0.5, 0.6) is 0 Å². The van der Waals surface area contributed by atoms with Gasteiger partial charge in [-0.2, -0.15) is 13.2 Å². The summed E-state index contributed by atoms with van der Waals surface area (Å²) in [5, 5.41) is 8.66. The van der Waals surface area contributed by atoms with Crippen LogP contribution in [-0.4, -0.2) is 41.3 Å². The second-order valence-corrected chi connectivity index (χ2v) is 5.90. The van der Waals surface area contributed by atoms with Crippen LogP contribution < -0.4 is 0 Å². The van der Waals surface area contributed by atoms with Gasteiger partial charge in [-0.25, -0.2) is 0 Å². The first-order valence-electron chi connectivity index (χ1n) is 6.85. The van der Waals surface area contributed by atoms with Crippen molar-refractivity contribution in [1.82, 2.24) is 4.90 Å². The highest BCUT2D eigenvalue weighted by Gasteiger charge is 2.47. The molecular formula is C13H20F3NO2. The second-order valence-electron chi connectivity index (χ2n) is 5.90. The first kappa shape index (κ1) is 14.6. The molecule has 1 unspecified atom stereocenters. The van der Waals surface area contributed by atoms with Gasteiger partial charge in [-0.1, -0.05) is 12.8 Å². The van der Waals surface area contributed by atoms with Crippen molar-refractivity contribution < 1.29 is 23.1 Å². The van der Waals surface area contributed by atoms with Gasteiger partial charge in [-0.05, 0) is 44.2 Å². The zero-order chi connectivity index (χ0) is 14.1. The molecule has 1 heterocycles. The van der Waals surface area contributed by atoms with Crippen LogP contribution in [0.25, 0.3) is 0 Å². The van der Waals surface area contributed by atoms with E-state index in [0.717, 1.165) is 25.7 Å². The normalized spacial score (nSPS) is 25.6. The largest absolute Gasteiger partial charge is 0.481 e. The lowest BCUT2D eigenvalue weighted by atomic mass is 9.76. The van der Waals surface area contributed by atoms with E-state index in [1.165, 1.54) is 17.7 Å². The Balaban J connectivity index is 1.98. The van der Waals surface area contributed by atoms with Gasteiger partial charge in [0.2, 0.25) is 0 Å². The fraction of sp³-hybridized carbons (Fsp3) is 0.923. The maximum absolute atomic E-state index is 12.9. The van der Waals surface area contributed by atoms with E-state index in [4.69, 9.17) is 5.11 Å². The first-order chi connectivity index (χ1) is 8.82. The van der Waals surface area contributed by atoms with Gasteiger partial charge < -0.3 is 5.11 Å². The number of nitrogens with zero attached hydrogens (tertiary/aromatic N) is 1. The molecule has 1 atom stereocenters. The van der Waals surface area contributed by atoms with Crippen molar-refractivity contribution in [2.75, 3.05) is 13.1 Å². The topological polar surface area (TPSA) is 40.5 Å². The molecule has 2 fully saturated rings. The highest BCUT2D eigenvalue weighted by Crippen LogP contribution is 2.47. The molecule has 1 N–H and O–H groups in total. The highest BCUT2D eigenvalue weighted by molar-refractivity contribution is 5.67. The van der Waals surface area contributed by atoms with Crippen LogP contribution >= 0.6 is 0 Å². The number of aliphatic carboxylic acids is 1. The molecule has 19 heavy (non-hydrogen) atoms. The predicted octanol–water partition coefficient (Wildman–Crippen LogP) is 3.05. The van der Waals surface area contributed by atoms with Crippen LogP contribution in [0.15, 0.2) is 0 Å². The Morgan fingerprint density at radius 3 is 2.11 bits per heavy atom. The minimum Gasteiger partial charge on any atom is -0.481 e. The molecule has 6 heteroatoms. The zero-order valence-corrected chi connectivity index (χ0v) is 10.9. The fourth-order valence-corrected chi connectivity index (χ4v) is 3.55. The van der Waals surface area contributed by atoms with Gasteiger partial charge in [-0.3, -0.25) is 9.69 Å². The maximum atomic E-state index is 12.9. The number of carboxylic acids is 1. The van der Waals surface area contributed by atoms with E-state index in [-0.39, 0.29) is 5.41 Å². The van der Waals surface area contributed by atoms with Crippen molar-refractivity contribution in [2.45, 2.75) is 57.2 Å². The van der Waals surface area contributed by atoms with Crippen LogP contribution in [0.1, 0.15) is 44.9 Å². The highest BCUT2D eigenvalue weighted by atomic mass is 19.4. The summed E-state index contributed by atoms with van der Waals surface area (Å²) >= 11 is 0. The lowest BCUT2D eigenvalue weighted by Gasteiger charge is -2.42. The first-order valence-corrected chi connectivity index (χ1v) is 6.85. The Labute approximate surface area is 110 Å². The summed E-state index contributed by atoms with van der Waals surface area (Å²) in [4.78, 5) is 11.9. The van der Waals surface area contributed by atoms with Crippen molar-refractivity contribution in [3.05, 3.63) is 0 Å². The summed E-state index contributed by atoms with van der Waals surface area (Å²) in [5.41, 5.74) is 0.246. The number of piperidine rings is 1. The number of carboxylic acid groups (broad SMARTS) is 1. The third kappa shape index (κ3) is 3.41. The van der Waals surface area contributed by atoms with Crippen LogP contribution in [0, 0.1) is 5.41 Å². The van der Waals surface area contributed by atoms with Gasteiger partial charge in [0.05, 0.1) is 6.42 Å². The summed E-state index contributed by atoms with van der Waals surface area (Å²) in [6.45, 7) is 0.745. The van der Waals surface area contributed by atoms with E-state index in [1.54, 1.807) is 0 Å². The lowest BCUT2D eigenvalue weighted by Crippen LogP contribution is -2.51. The summed E-state index contributed by atoms with van der Waals surface area (Å²) in [5.74, 6) is -1.39. The Morgan fingerprint density at radius 1 is 1.16 bits per heavy atom. The number of carbonyl (C=O) groups is 1. The number of hydrogen-bond donors (Lipinski definition) is 1. The minimum atomic E-state index is -4.46. The standard InChI is InChI=1S/C13H20F3NO2/c14-13(15,16)10(9-11(18)19)17-7-5-12(6-8-17)3-1-2-4-12/h10H,1-9H2,(H,18,19). The Bertz CT molecular complexity index is 327. The summed E-state index contributed by atoms with van der Waals surface area (Å²) in [7, 11) is 0. The SMILES string of the molecule is O=C(O)CC(N1CCC2(CCCC2)CC1)C(F)(F)F. The number of halogens is 3. The third-order valence-corrected chi connectivity index (χ3v) is 4.71. The van der Waals surface area contributed by atoms with E-state index >= 15 is 0 Å². The number of likely N-dealkylation sites (tertiary alicyclic amines) is 1. The van der Waals surface area contributed by atoms with Crippen LogP contribution in [0.3, 0.4) is 0 Å². The molecule has 1 aliphatic heterocycles. The predicted molar refractivity (Wildman–Crippen MR) is 63.8 cm³/mol. The van der Waals surface area contributed by atoms with Gasteiger partial charge in [0.15, 0.2) is 0 Å². The van der Waals surface area contributed by atoms with Crippen molar-refractivity contribution in [3.63, 3.8) is 0 Å². The van der Waals surface area contributed by atoms with Crippen molar-refractivity contribution in [2.24, 2.45) is 5.41 Å². The van der Waals surface area contributed by atoms with E-state index in [9.17, 15) is 18.0 Å². The molecule has 0 aromatic rings. The van der Waals surface area contributed by atoms with Gasteiger partial charge in [0, 0.05) is 0 Å². The van der Waals surface area contributed by atoms with Gasteiger partial charge in [-0.15, -0.1) is 0 Å². The second kappa shape index (κ2) is 5.31. The average Bonchev–Trinajstić information content (AvgIpc) is 2.74. The third-order valence-electron chi connectivity index (χ3n) is 4.71. The molecule has 0 amide bonds. The molecule has 0 aromatic heterocycles. The smallest absolute Gasteiger partial charge is 0.404 e. The quantitative estimate of drug-likeness (QED) is 0.863. The van der Waals surface area contributed by atoms with Crippen molar-refractivity contribution in [3.8, 4) is 0 Å². The molecule has 1 saturated carbocycles. The summed E-state index contributed by atoms with van der Waals surface area (Å²) < 4.78 is 38.8. The van der Waals surface area contributed by atoms with E-state index in [2.05, 4.69) is 0 Å². The minimum absolute atomic E-state index is 0.246. The van der Waals surface area contributed by atoms with E-state index < -0.39 is 24.6 Å². The molecule has 110 valence electrons. The van der Waals surface area contributed by atoms with Crippen molar-refractivity contribution in [1.29, 1.82) is 0 Å². The molecule has 1 saturated heterocycles. The molecule has 2 rings (SSSR count). The van der Waals surface area contributed by atoms with Crippen molar-refractivity contribution >= 4 is 5.97 Å². The summed E-state index contributed by atoms with van der Waals surface area (Å²) in [6, 6.07) is -1.83. The van der Waals surface area contributed by atoms with Gasteiger partial charge in [0.25, 0.3) is 0 Å². The van der Waals surface area contributed by atoms with Gasteiger partial charge >= 0.3 is 12.1 Å². The molecule has 0 aromatic carbocycles. The summed E-state index contributed by atoms with van der Waals surface area (Å²) in [6.07, 6.45) is 0.843. The molecule has 3 nitrogen and oxygen atoms in total. The number of hydrogen-bond acceptors (Lipinski definition) is 2. The Kier molecular flexibility index (Phi) is 4.08. The van der Waals surface area contributed by atoms with Gasteiger partial charge in [0.1, 0.15) is 6.04 Å². The van der Waals surface area contributed by atoms with Crippen LogP contribution in [0.4, 0.5) is 13.2 Å². The number of rotatable bonds is 3. The van der Waals surface area contributed by atoms with E-state index in [1.807, 2.05) is 0 Å². The average molecular weight is 279 g/mol. The molecule has 0 radical (unpaired) electrons. The fourth-order valence-electron chi connectivity index (χ4n) is 3.55. The van der Waals surface area contributed by atoms with E-state index in [0.29, 0.717) is 13.1 Å². The molecule has 1 spiro atoms. The zero-order valence-electron chi connectivity index (χ0n) is 10.9. The monoisotopic (exact) mass is 279 g/mol. The number of alkyl halides is 3. The Hall–Kier alpha value is -0.780. The Morgan fingerprint density at radius 2 is 1.68 bits per heavy atom.